The van der Waals surface area contributed by atoms with Crippen LogP contribution < -0.4 is 9.64 Å². The first-order valence-corrected chi connectivity index (χ1v) is 9.93. The third kappa shape index (κ3) is 3.72. The molecular weight excluding hydrogens is 336 g/mol. The smallest absolute Gasteiger partial charge is 0.142 e. The molecule has 1 fully saturated rings. The molecule has 0 radical (unpaired) electrons. The number of carbonyl (C=O) groups is 1. The van der Waals surface area contributed by atoms with Gasteiger partial charge in [0.1, 0.15) is 12.0 Å². The second-order valence-electron chi connectivity index (χ2n) is 7.62. The number of hydrogen-bond acceptors (Lipinski definition) is 4. The highest BCUT2D eigenvalue weighted by Crippen LogP contribution is 2.36. The lowest BCUT2D eigenvalue weighted by Crippen LogP contribution is -2.48. The lowest BCUT2D eigenvalue weighted by molar-refractivity contribution is -0.110. The van der Waals surface area contributed by atoms with Gasteiger partial charge in [0.25, 0.3) is 0 Å². The van der Waals surface area contributed by atoms with Crippen LogP contribution in [0.15, 0.2) is 48.5 Å². The number of para-hydroxylation sites is 2. The van der Waals surface area contributed by atoms with Crippen molar-refractivity contribution in [3.63, 3.8) is 0 Å². The summed E-state index contributed by atoms with van der Waals surface area (Å²) in [5.74, 6) is 1.41. The van der Waals surface area contributed by atoms with Gasteiger partial charge in [-0.25, -0.2) is 0 Å². The van der Waals surface area contributed by atoms with E-state index in [1.165, 1.54) is 23.1 Å². The average Bonchev–Trinajstić information content (AvgIpc) is 2.74. The van der Waals surface area contributed by atoms with E-state index in [1.807, 2.05) is 12.1 Å². The Hall–Kier alpha value is -2.33. The number of aryl methyl sites for hydroxylation is 1. The Morgan fingerprint density at radius 2 is 1.78 bits per heavy atom. The van der Waals surface area contributed by atoms with Crippen molar-refractivity contribution in [2.75, 3.05) is 44.7 Å². The molecule has 2 unspecified atom stereocenters. The Balaban J connectivity index is 1.39. The highest BCUT2D eigenvalue weighted by Gasteiger charge is 2.31. The van der Waals surface area contributed by atoms with Crippen LogP contribution in [-0.4, -0.2) is 51.0 Å². The molecule has 4 nitrogen and oxygen atoms in total. The molecule has 2 aliphatic rings. The third-order valence-corrected chi connectivity index (χ3v) is 6.14. The molecule has 2 atom stereocenters. The summed E-state index contributed by atoms with van der Waals surface area (Å²) in [5.41, 5.74) is 3.78. The van der Waals surface area contributed by atoms with E-state index < -0.39 is 0 Å². The third-order valence-electron chi connectivity index (χ3n) is 6.14. The molecule has 0 N–H and O–H groups in total. The predicted octanol–water partition coefficient (Wildman–Crippen LogP) is 3.36. The van der Waals surface area contributed by atoms with Gasteiger partial charge in [0.05, 0.1) is 12.8 Å². The Morgan fingerprint density at radius 1 is 1.04 bits per heavy atom. The van der Waals surface area contributed by atoms with Crippen molar-refractivity contribution in [2.45, 2.75) is 18.8 Å². The van der Waals surface area contributed by atoms with Gasteiger partial charge < -0.3 is 14.4 Å². The topological polar surface area (TPSA) is 32.8 Å². The molecule has 1 heterocycles. The van der Waals surface area contributed by atoms with E-state index in [-0.39, 0.29) is 5.92 Å². The number of rotatable bonds is 5. The SMILES string of the molecule is COc1ccccc1N1CCN(CC2CCc3ccccc3C2C=O)CC1. The lowest BCUT2D eigenvalue weighted by Gasteiger charge is -2.40. The molecule has 1 aliphatic heterocycles. The number of methoxy groups -OCH3 is 1. The van der Waals surface area contributed by atoms with Gasteiger partial charge >= 0.3 is 0 Å². The van der Waals surface area contributed by atoms with E-state index >= 15 is 0 Å². The first-order chi connectivity index (χ1) is 13.3. The van der Waals surface area contributed by atoms with Crippen molar-refractivity contribution in [2.24, 2.45) is 5.92 Å². The van der Waals surface area contributed by atoms with E-state index in [9.17, 15) is 4.79 Å². The summed E-state index contributed by atoms with van der Waals surface area (Å²) in [6.07, 6.45) is 3.37. The molecule has 0 amide bonds. The Labute approximate surface area is 161 Å². The summed E-state index contributed by atoms with van der Waals surface area (Å²) in [6, 6.07) is 16.7. The normalized spacial score (nSPS) is 22.9. The molecule has 4 heteroatoms. The van der Waals surface area contributed by atoms with E-state index in [4.69, 9.17) is 4.74 Å². The molecule has 0 spiro atoms. The molecule has 4 rings (SSSR count). The van der Waals surface area contributed by atoms with Crippen LogP contribution in [0, 0.1) is 5.92 Å². The summed E-state index contributed by atoms with van der Waals surface area (Å²) >= 11 is 0. The van der Waals surface area contributed by atoms with Gasteiger partial charge in [-0.15, -0.1) is 0 Å². The minimum atomic E-state index is 0.0437. The molecule has 1 saturated heterocycles. The summed E-state index contributed by atoms with van der Waals surface area (Å²) in [4.78, 5) is 16.8. The van der Waals surface area contributed by atoms with Gasteiger partial charge in [0.2, 0.25) is 0 Å². The van der Waals surface area contributed by atoms with Crippen molar-refractivity contribution in [1.29, 1.82) is 0 Å². The summed E-state index contributed by atoms with van der Waals surface area (Å²) in [5, 5.41) is 0. The van der Waals surface area contributed by atoms with Gasteiger partial charge in [0, 0.05) is 38.6 Å². The van der Waals surface area contributed by atoms with Crippen LogP contribution in [0.25, 0.3) is 0 Å². The van der Waals surface area contributed by atoms with Crippen molar-refractivity contribution in [1.82, 2.24) is 4.90 Å². The van der Waals surface area contributed by atoms with E-state index in [2.05, 4.69) is 46.2 Å². The van der Waals surface area contributed by atoms with Crippen molar-refractivity contribution in [3.8, 4) is 5.75 Å². The molecular formula is C23H28N2O2. The number of nitrogens with zero attached hydrogens (tertiary/aromatic N) is 2. The number of ether oxygens (including phenoxy) is 1. The molecule has 2 aromatic rings. The quantitative estimate of drug-likeness (QED) is 0.762. The van der Waals surface area contributed by atoms with Gasteiger partial charge in [0.15, 0.2) is 0 Å². The number of hydrogen-bond donors (Lipinski definition) is 0. The molecule has 0 saturated carbocycles. The van der Waals surface area contributed by atoms with Crippen LogP contribution >= 0.6 is 0 Å². The number of anilines is 1. The first-order valence-electron chi connectivity index (χ1n) is 9.93. The zero-order valence-corrected chi connectivity index (χ0v) is 16.0. The Bertz CT molecular complexity index is 783. The van der Waals surface area contributed by atoms with Crippen LogP contribution in [0.2, 0.25) is 0 Å². The number of piperazine rings is 1. The molecule has 27 heavy (non-hydrogen) atoms. The highest BCUT2D eigenvalue weighted by atomic mass is 16.5. The summed E-state index contributed by atoms with van der Waals surface area (Å²) in [7, 11) is 1.73. The summed E-state index contributed by atoms with van der Waals surface area (Å²) < 4.78 is 5.51. The minimum Gasteiger partial charge on any atom is -0.495 e. The van der Waals surface area contributed by atoms with Crippen LogP contribution in [0.4, 0.5) is 5.69 Å². The highest BCUT2D eigenvalue weighted by molar-refractivity contribution is 5.65. The van der Waals surface area contributed by atoms with E-state index in [0.29, 0.717) is 5.92 Å². The molecule has 142 valence electrons. The van der Waals surface area contributed by atoms with Gasteiger partial charge in [-0.1, -0.05) is 36.4 Å². The fourth-order valence-corrected chi connectivity index (χ4v) is 4.64. The summed E-state index contributed by atoms with van der Waals surface area (Å²) in [6.45, 7) is 5.06. The molecule has 0 bridgehead atoms. The van der Waals surface area contributed by atoms with Crippen molar-refractivity contribution >= 4 is 12.0 Å². The standard InChI is InChI=1S/C23H28N2O2/c1-27-23-9-5-4-8-22(23)25-14-12-24(13-15-25)16-19-11-10-18-6-2-3-7-20(18)21(19)17-26/h2-9,17,19,21H,10-16H2,1H3. The second kappa shape index (κ2) is 8.13. The zero-order valence-electron chi connectivity index (χ0n) is 16.0. The number of carbonyl (C=O) groups excluding carboxylic acids is 1. The first kappa shape index (κ1) is 18.1. The molecule has 0 aromatic heterocycles. The Morgan fingerprint density at radius 3 is 2.56 bits per heavy atom. The largest absolute Gasteiger partial charge is 0.495 e. The van der Waals surface area contributed by atoms with Gasteiger partial charge in [-0.3, -0.25) is 4.90 Å². The average molecular weight is 364 g/mol. The zero-order chi connectivity index (χ0) is 18.6. The van der Waals surface area contributed by atoms with Crippen molar-refractivity contribution in [3.05, 3.63) is 59.7 Å². The predicted molar refractivity (Wildman–Crippen MR) is 109 cm³/mol. The van der Waals surface area contributed by atoms with Gasteiger partial charge in [-0.05, 0) is 42.0 Å². The van der Waals surface area contributed by atoms with Gasteiger partial charge in [-0.2, -0.15) is 0 Å². The van der Waals surface area contributed by atoms with Crippen LogP contribution in [-0.2, 0) is 11.2 Å². The van der Waals surface area contributed by atoms with E-state index in [0.717, 1.165) is 51.3 Å². The fourth-order valence-electron chi connectivity index (χ4n) is 4.64. The second-order valence-corrected chi connectivity index (χ2v) is 7.62. The lowest BCUT2D eigenvalue weighted by atomic mass is 9.75. The molecule has 2 aromatic carbocycles. The van der Waals surface area contributed by atoms with Crippen LogP contribution in [0.3, 0.4) is 0 Å². The van der Waals surface area contributed by atoms with Crippen molar-refractivity contribution < 1.29 is 9.53 Å². The number of aldehydes is 1. The maximum Gasteiger partial charge on any atom is 0.142 e. The number of fused-ring (bicyclic) bond motifs is 1. The van der Waals surface area contributed by atoms with Crippen LogP contribution in [0.5, 0.6) is 5.75 Å². The fraction of sp³-hybridized carbons (Fsp3) is 0.435. The Kier molecular flexibility index (Phi) is 5.44. The minimum absolute atomic E-state index is 0.0437. The number of benzene rings is 2. The molecule has 1 aliphatic carbocycles. The van der Waals surface area contributed by atoms with Crippen LogP contribution in [0.1, 0.15) is 23.5 Å². The maximum absolute atomic E-state index is 11.8. The monoisotopic (exact) mass is 364 g/mol. The maximum atomic E-state index is 11.8. The van der Waals surface area contributed by atoms with E-state index in [1.54, 1.807) is 7.11 Å².